The molecule has 2 amide bonds. The molecule has 1 unspecified atom stereocenters. The number of nitrogens with zero attached hydrogens (tertiary/aromatic N) is 2. The van der Waals surface area contributed by atoms with Gasteiger partial charge in [0.25, 0.3) is 0 Å². The van der Waals surface area contributed by atoms with Crippen LogP contribution in [0, 0.1) is 5.92 Å². The molecule has 2 aliphatic heterocycles. The first-order valence-corrected chi connectivity index (χ1v) is 6.86. The van der Waals surface area contributed by atoms with Crippen LogP contribution in [0.2, 0.25) is 0 Å². The molecule has 2 rings (SSSR count). The van der Waals surface area contributed by atoms with Gasteiger partial charge in [0.2, 0.25) is 11.8 Å². The highest BCUT2D eigenvalue weighted by molar-refractivity contribution is 5.82. The van der Waals surface area contributed by atoms with Crippen molar-refractivity contribution in [1.82, 2.24) is 9.80 Å². The third-order valence-corrected chi connectivity index (χ3v) is 3.76. The number of hydrogen-bond acceptors (Lipinski definition) is 3. The fourth-order valence-electron chi connectivity index (χ4n) is 2.67. The van der Waals surface area contributed by atoms with Crippen LogP contribution in [0.3, 0.4) is 0 Å². The van der Waals surface area contributed by atoms with Gasteiger partial charge in [-0.05, 0) is 19.3 Å². The van der Waals surface area contributed by atoms with Crippen molar-refractivity contribution in [2.24, 2.45) is 5.92 Å². The lowest BCUT2D eigenvalue weighted by atomic mass is 9.94. The topological polar surface area (TPSA) is 60.9 Å². The molecule has 1 N–H and O–H groups in total. The van der Waals surface area contributed by atoms with Crippen LogP contribution in [0.15, 0.2) is 0 Å². The molecule has 18 heavy (non-hydrogen) atoms. The second-order valence-electron chi connectivity index (χ2n) is 5.33. The first-order valence-electron chi connectivity index (χ1n) is 6.86. The Morgan fingerprint density at radius 1 is 1.22 bits per heavy atom. The van der Waals surface area contributed by atoms with Crippen molar-refractivity contribution in [3.63, 3.8) is 0 Å². The fraction of sp³-hybridized carbons (Fsp3) is 0.846. The Hall–Kier alpha value is -1.10. The van der Waals surface area contributed by atoms with Gasteiger partial charge in [0, 0.05) is 32.6 Å². The molecule has 5 heteroatoms. The summed E-state index contributed by atoms with van der Waals surface area (Å²) < 4.78 is 0. The van der Waals surface area contributed by atoms with Crippen molar-refractivity contribution in [3.05, 3.63) is 0 Å². The van der Waals surface area contributed by atoms with Crippen LogP contribution in [-0.2, 0) is 9.59 Å². The molecule has 0 aliphatic carbocycles. The Balaban J connectivity index is 1.86. The summed E-state index contributed by atoms with van der Waals surface area (Å²) in [5, 5.41) is 9.22. The van der Waals surface area contributed by atoms with Crippen LogP contribution in [0.1, 0.15) is 32.6 Å². The minimum Gasteiger partial charge on any atom is -0.389 e. The van der Waals surface area contributed by atoms with E-state index in [0.717, 1.165) is 25.8 Å². The standard InChI is InChI=1S/C13H22N2O3/c1-2-4-12(17)14-6-3-5-10(7-14)13(18)15-8-11(16)9-15/h10-11,16H,2-9H2,1H3. The average molecular weight is 254 g/mol. The molecule has 0 aromatic heterocycles. The van der Waals surface area contributed by atoms with Crippen molar-refractivity contribution in [2.45, 2.75) is 38.7 Å². The van der Waals surface area contributed by atoms with Crippen LogP contribution in [-0.4, -0.2) is 59.0 Å². The number of aliphatic hydroxyl groups is 1. The number of amides is 2. The van der Waals surface area contributed by atoms with Crippen molar-refractivity contribution >= 4 is 11.8 Å². The van der Waals surface area contributed by atoms with E-state index >= 15 is 0 Å². The molecule has 0 saturated carbocycles. The van der Waals surface area contributed by atoms with Gasteiger partial charge in [-0.2, -0.15) is 0 Å². The molecule has 2 fully saturated rings. The molecule has 0 aromatic carbocycles. The van der Waals surface area contributed by atoms with E-state index in [0.29, 0.717) is 26.1 Å². The van der Waals surface area contributed by atoms with E-state index in [9.17, 15) is 14.7 Å². The summed E-state index contributed by atoms with van der Waals surface area (Å²) in [6.45, 7) is 4.25. The molecular formula is C13H22N2O3. The largest absolute Gasteiger partial charge is 0.389 e. The lowest BCUT2D eigenvalue weighted by Crippen LogP contribution is -2.57. The summed E-state index contributed by atoms with van der Waals surface area (Å²) in [4.78, 5) is 27.5. The molecule has 0 radical (unpaired) electrons. The lowest BCUT2D eigenvalue weighted by Gasteiger charge is -2.40. The molecule has 0 spiro atoms. The molecule has 2 aliphatic rings. The predicted molar refractivity (Wildman–Crippen MR) is 66.8 cm³/mol. The number of likely N-dealkylation sites (tertiary alicyclic amines) is 2. The Labute approximate surface area is 108 Å². The summed E-state index contributed by atoms with van der Waals surface area (Å²) in [6, 6.07) is 0. The van der Waals surface area contributed by atoms with Crippen LogP contribution in [0.25, 0.3) is 0 Å². The second-order valence-corrected chi connectivity index (χ2v) is 5.33. The van der Waals surface area contributed by atoms with Crippen molar-refractivity contribution in [1.29, 1.82) is 0 Å². The fourth-order valence-corrected chi connectivity index (χ4v) is 2.67. The van der Waals surface area contributed by atoms with Crippen molar-refractivity contribution < 1.29 is 14.7 Å². The van der Waals surface area contributed by atoms with Gasteiger partial charge in [-0.1, -0.05) is 6.92 Å². The summed E-state index contributed by atoms with van der Waals surface area (Å²) >= 11 is 0. The van der Waals surface area contributed by atoms with E-state index < -0.39 is 0 Å². The van der Waals surface area contributed by atoms with Crippen LogP contribution in [0.5, 0.6) is 0 Å². The Morgan fingerprint density at radius 3 is 2.56 bits per heavy atom. The van der Waals surface area contributed by atoms with Crippen LogP contribution in [0.4, 0.5) is 0 Å². The molecular weight excluding hydrogens is 232 g/mol. The first-order chi connectivity index (χ1) is 8.61. The molecule has 5 nitrogen and oxygen atoms in total. The van der Waals surface area contributed by atoms with Gasteiger partial charge < -0.3 is 14.9 Å². The smallest absolute Gasteiger partial charge is 0.227 e. The molecule has 2 saturated heterocycles. The SMILES string of the molecule is CCCC(=O)N1CCCC(C(=O)N2CC(O)C2)C1. The monoisotopic (exact) mass is 254 g/mol. The molecule has 1 atom stereocenters. The van der Waals surface area contributed by atoms with Crippen molar-refractivity contribution in [2.75, 3.05) is 26.2 Å². The molecule has 102 valence electrons. The van der Waals surface area contributed by atoms with Crippen molar-refractivity contribution in [3.8, 4) is 0 Å². The third kappa shape index (κ3) is 2.83. The number of carbonyl (C=O) groups excluding carboxylic acids is 2. The highest BCUT2D eigenvalue weighted by Gasteiger charge is 2.35. The number of hydrogen-bond donors (Lipinski definition) is 1. The number of piperidine rings is 1. The normalized spacial score (nSPS) is 24.9. The minimum atomic E-state index is -0.352. The minimum absolute atomic E-state index is 0.0629. The van der Waals surface area contributed by atoms with Gasteiger partial charge in [0.05, 0.1) is 12.0 Å². The Bertz CT molecular complexity index is 326. The molecule has 0 bridgehead atoms. The molecule has 0 aromatic rings. The van der Waals surface area contributed by atoms with Gasteiger partial charge in [-0.3, -0.25) is 9.59 Å². The highest BCUT2D eigenvalue weighted by Crippen LogP contribution is 2.22. The van der Waals surface area contributed by atoms with E-state index in [1.165, 1.54) is 0 Å². The summed E-state index contributed by atoms with van der Waals surface area (Å²) in [6.07, 6.45) is 2.84. The van der Waals surface area contributed by atoms with Crippen LogP contribution < -0.4 is 0 Å². The van der Waals surface area contributed by atoms with E-state index in [1.54, 1.807) is 4.90 Å². The average Bonchev–Trinajstić information content (AvgIpc) is 2.35. The van der Waals surface area contributed by atoms with Crippen LogP contribution >= 0.6 is 0 Å². The number of aliphatic hydroxyl groups excluding tert-OH is 1. The number of β-amino-alcohol motifs (C(OH)–C–C–N with tert-alkyl or cyclic N) is 1. The predicted octanol–water partition coefficient (Wildman–Crippen LogP) is 0.228. The molecule has 2 heterocycles. The maximum absolute atomic E-state index is 12.1. The first kappa shape index (κ1) is 13.3. The van der Waals surface area contributed by atoms with E-state index in [2.05, 4.69) is 0 Å². The summed E-state index contributed by atoms with van der Waals surface area (Å²) in [7, 11) is 0. The van der Waals surface area contributed by atoms with Gasteiger partial charge in [0.1, 0.15) is 0 Å². The second kappa shape index (κ2) is 5.69. The summed E-state index contributed by atoms with van der Waals surface area (Å²) in [5.41, 5.74) is 0. The Kier molecular flexibility index (Phi) is 4.22. The van der Waals surface area contributed by atoms with Gasteiger partial charge in [0.15, 0.2) is 0 Å². The van der Waals surface area contributed by atoms with E-state index in [-0.39, 0.29) is 23.8 Å². The quantitative estimate of drug-likeness (QED) is 0.784. The van der Waals surface area contributed by atoms with Gasteiger partial charge in [-0.15, -0.1) is 0 Å². The third-order valence-electron chi connectivity index (χ3n) is 3.76. The van der Waals surface area contributed by atoms with E-state index in [1.807, 2.05) is 11.8 Å². The number of rotatable bonds is 3. The highest BCUT2D eigenvalue weighted by atomic mass is 16.3. The van der Waals surface area contributed by atoms with Gasteiger partial charge >= 0.3 is 0 Å². The maximum atomic E-state index is 12.1. The lowest BCUT2D eigenvalue weighted by molar-refractivity contribution is -0.149. The summed E-state index contributed by atoms with van der Waals surface area (Å²) in [5.74, 6) is 0.208. The zero-order valence-electron chi connectivity index (χ0n) is 11.0. The van der Waals surface area contributed by atoms with E-state index in [4.69, 9.17) is 0 Å². The Morgan fingerprint density at radius 2 is 1.94 bits per heavy atom. The number of carbonyl (C=O) groups is 2. The zero-order valence-corrected chi connectivity index (χ0v) is 11.0. The van der Waals surface area contributed by atoms with Gasteiger partial charge in [-0.25, -0.2) is 0 Å². The zero-order chi connectivity index (χ0) is 13.1. The maximum Gasteiger partial charge on any atom is 0.227 e.